The number of aromatic nitrogens is 1. The van der Waals surface area contributed by atoms with E-state index in [1.165, 1.54) is 12.8 Å². The van der Waals surface area contributed by atoms with Crippen LogP contribution in [0.3, 0.4) is 0 Å². The summed E-state index contributed by atoms with van der Waals surface area (Å²) >= 11 is 1.65. The van der Waals surface area contributed by atoms with Crippen molar-refractivity contribution in [1.82, 2.24) is 9.88 Å². The summed E-state index contributed by atoms with van der Waals surface area (Å²) in [5.74, 6) is 0.793. The van der Waals surface area contributed by atoms with Crippen molar-refractivity contribution in [2.75, 3.05) is 13.6 Å². The number of thiophene rings is 1. The Balaban J connectivity index is 1.81. The lowest BCUT2D eigenvalue weighted by Gasteiger charge is -2.18. The van der Waals surface area contributed by atoms with E-state index in [1.807, 2.05) is 42.5 Å². The van der Waals surface area contributed by atoms with Gasteiger partial charge in [0.1, 0.15) is 0 Å². The van der Waals surface area contributed by atoms with Crippen LogP contribution in [0.15, 0.2) is 29.0 Å². The first-order valence-corrected chi connectivity index (χ1v) is 7.85. The van der Waals surface area contributed by atoms with Gasteiger partial charge in [0, 0.05) is 24.5 Å². The number of carbonyl (C=O) groups excluding carboxylic acids is 1. The van der Waals surface area contributed by atoms with Gasteiger partial charge in [-0.1, -0.05) is 0 Å². The minimum atomic E-state index is 0.0822. The highest BCUT2D eigenvalue weighted by atomic mass is 32.1. The van der Waals surface area contributed by atoms with E-state index in [4.69, 9.17) is 0 Å². The van der Waals surface area contributed by atoms with Crippen LogP contribution in [0.4, 0.5) is 0 Å². The lowest BCUT2D eigenvalue weighted by atomic mass is 10.1. The summed E-state index contributed by atoms with van der Waals surface area (Å²) in [6, 6.07) is 5.89. The van der Waals surface area contributed by atoms with Gasteiger partial charge in [0.2, 0.25) is 0 Å². The topological polar surface area (TPSA) is 33.2 Å². The molecule has 2 aromatic heterocycles. The number of hydrogen-bond acceptors (Lipinski definition) is 3. The van der Waals surface area contributed by atoms with Crippen LogP contribution in [0, 0.1) is 12.8 Å². The Hall–Kier alpha value is -1.68. The Morgan fingerprint density at radius 3 is 2.80 bits per heavy atom. The second-order valence-corrected chi connectivity index (χ2v) is 6.25. The molecule has 0 unspecified atom stereocenters. The van der Waals surface area contributed by atoms with Gasteiger partial charge in [0.15, 0.2) is 0 Å². The van der Waals surface area contributed by atoms with Gasteiger partial charge in [0.25, 0.3) is 5.91 Å². The molecule has 2 heterocycles. The Labute approximate surface area is 123 Å². The quantitative estimate of drug-likeness (QED) is 0.860. The number of amides is 1. The van der Waals surface area contributed by atoms with E-state index < -0.39 is 0 Å². The molecule has 0 radical (unpaired) electrons. The van der Waals surface area contributed by atoms with Gasteiger partial charge in [-0.3, -0.25) is 9.78 Å². The van der Waals surface area contributed by atoms with Crippen molar-refractivity contribution in [3.05, 3.63) is 40.2 Å². The summed E-state index contributed by atoms with van der Waals surface area (Å²) in [5, 5.41) is 4.11. The number of carbonyl (C=O) groups is 1. The smallest absolute Gasteiger partial charge is 0.255 e. The molecule has 3 rings (SSSR count). The number of pyridine rings is 1. The molecule has 3 nitrogen and oxygen atoms in total. The Bertz CT molecular complexity index is 617. The molecule has 0 bridgehead atoms. The zero-order valence-electron chi connectivity index (χ0n) is 11.8. The van der Waals surface area contributed by atoms with Gasteiger partial charge in [-0.25, -0.2) is 0 Å². The molecule has 0 saturated heterocycles. The van der Waals surface area contributed by atoms with Crippen molar-refractivity contribution >= 4 is 17.2 Å². The third-order valence-corrected chi connectivity index (χ3v) is 4.39. The molecule has 0 spiro atoms. The fraction of sp³-hybridized carbons (Fsp3) is 0.375. The lowest BCUT2D eigenvalue weighted by Crippen LogP contribution is -2.29. The third-order valence-electron chi connectivity index (χ3n) is 3.71. The number of aryl methyl sites for hydroxylation is 1. The van der Waals surface area contributed by atoms with Crippen molar-refractivity contribution in [2.45, 2.75) is 19.8 Å². The van der Waals surface area contributed by atoms with Gasteiger partial charge < -0.3 is 4.90 Å². The minimum absolute atomic E-state index is 0.0822. The van der Waals surface area contributed by atoms with E-state index in [0.29, 0.717) is 11.5 Å². The van der Waals surface area contributed by atoms with Gasteiger partial charge >= 0.3 is 0 Å². The Morgan fingerprint density at radius 1 is 1.40 bits per heavy atom. The fourth-order valence-electron chi connectivity index (χ4n) is 2.33. The van der Waals surface area contributed by atoms with Crippen LogP contribution < -0.4 is 0 Å². The van der Waals surface area contributed by atoms with E-state index in [1.54, 1.807) is 11.3 Å². The number of nitrogens with zero attached hydrogens (tertiary/aromatic N) is 2. The average molecular weight is 286 g/mol. The van der Waals surface area contributed by atoms with E-state index in [-0.39, 0.29) is 5.91 Å². The van der Waals surface area contributed by atoms with Crippen LogP contribution >= 0.6 is 11.3 Å². The van der Waals surface area contributed by atoms with E-state index in [9.17, 15) is 4.79 Å². The van der Waals surface area contributed by atoms with Crippen LogP contribution in [-0.2, 0) is 0 Å². The van der Waals surface area contributed by atoms with Crippen LogP contribution in [0.25, 0.3) is 11.3 Å². The molecule has 1 aliphatic rings. The molecule has 104 valence electrons. The highest BCUT2D eigenvalue weighted by Crippen LogP contribution is 2.30. The van der Waals surface area contributed by atoms with Crippen molar-refractivity contribution in [1.29, 1.82) is 0 Å². The molecule has 1 fully saturated rings. The monoisotopic (exact) mass is 286 g/mol. The molecule has 0 N–H and O–H groups in total. The Kier molecular flexibility index (Phi) is 3.57. The molecule has 1 aliphatic carbocycles. The first-order chi connectivity index (χ1) is 9.65. The summed E-state index contributed by atoms with van der Waals surface area (Å²) in [6.07, 6.45) is 2.51. The van der Waals surface area contributed by atoms with Crippen LogP contribution in [-0.4, -0.2) is 29.4 Å². The first kappa shape index (κ1) is 13.3. The lowest BCUT2D eigenvalue weighted by molar-refractivity contribution is 0.0787. The maximum absolute atomic E-state index is 12.4. The number of hydrogen-bond donors (Lipinski definition) is 0. The first-order valence-electron chi connectivity index (χ1n) is 6.91. The van der Waals surface area contributed by atoms with Crippen LogP contribution in [0.2, 0.25) is 0 Å². The average Bonchev–Trinajstić information content (AvgIpc) is 3.07. The van der Waals surface area contributed by atoms with Crippen LogP contribution in [0.1, 0.15) is 28.9 Å². The van der Waals surface area contributed by atoms with E-state index in [0.717, 1.165) is 23.5 Å². The standard InChI is InChI=1S/C16H18N2OS/c1-11-14(16(19)18(2)9-12-3-4-12)5-6-15(17-11)13-7-8-20-10-13/h5-8,10,12H,3-4,9H2,1-2H3. The molecular weight excluding hydrogens is 268 g/mol. The molecule has 0 aliphatic heterocycles. The van der Waals surface area contributed by atoms with Gasteiger partial charge in [-0.05, 0) is 49.3 Å². The zero-order chi connectivity index (χ0) is 14.1. The van der Waals surface area contributed by atoms with Crippen molar-refractivity contribution in [3.63, 3.8) is 0 Å². The summed E-state index contributed by atoms with van der Waals surface area (Å²) in [5.41, 5.74) is 3.57. The van der Waals surface area contributed by atoms with E-state index in [2.05, 4.69) is 10.4 Å². The summed E-state index contributed by atoms with van der Waals surface area (Å²) < 4.78 is 0. The van der Waals surface area contributed by atoms with Crippen molar-refractivity contribution in [2.24, 2.45) is 5.92 Å². The molecule has 1 amide bonds. The zero-order valence-corrected chi connectivity index (χ0v) is 12.6. The summed E-state index contributed by atoms with van der Waals surface area (Å²) in [6.45, 7) is 2.78. The second-order valence-electron chi connectivity index (χ2n) is 5.47. The highest BCUT2D eigenvalue weighted by Gasteiger charge is 2.26. The predicted molar refractivity (Wildman–Crippen MR) is 82.0 cm³/mol. The SMILES string of the molecule is Cc1nc(-c2ccsc2)ccc1C(=O)N(C)CC1CC1. The Morgan fingerprint density at radius 2 is 2.20 bits per heavy atom. The van der Waals surface area contributed by atoms with E-state index >= 15 is 0 Å². The summed E-state index contributed by atoms with van der Waals surface area (Å²) in [7, 11) is 1.88. The summed E-state index contributed by atoms with van der Waals surface area (Å²) in [4.78, 5) is 18.8. The molecule has 1 saturated carbocycles. The van der Waals surface area contributed by atoms with Crippen molar-refractivity contribution in [3.8, 4) is 11.3 Å². The molecule has 2 aromatic rings. The number of rotatable bonds is 4. The van der Waals surface area contributed by atoms with Crippen molar-refractivity contribution < 1.29 is 4.79 Å². The fourth-order valence-corrected chi connectivity index (χ4v) is 2.98. The van der Waals surface area contributed by atoms with Gasteiger partial charge in [0.05, 0.1) is 17.0 Å². The normalized spacial score (nSPS) is 14.3. The molecule has 20 heavy (non-hydrogen) atoms. The maximum Gasteiger partial charge on any atom is 0.255 e. The molecular formula is C16H18N2OS. The van der Waals surface area contributed by atoms with Gasteiger partial charge in [-0.15, -0.1) is 0 Å². The molecule has 0 atom stereocenters. The maximum atomic E-state index is 12.4. The highest BCUT2D eigenvalue weighted by molar-refractivity contribution is 7.08. The van der Waals surface area contributed by atoms with Gasteiger partial charge in [-0.2, -0.15) is 11.3 Å². The molecule has 4 heteroatoms. The predicted octanol–water partition coefficient (Wildman–Crippen LogP) is 3.60. The second kappa shape index (κ2) is 5.37. The minimum Gasteiger partial charge on any atom is -0.341 e. The van der Waals surface area contributed by atoms with Crippen LogP contribution in [0.5, 0.6) is 0 Å². The third kappa shape index (κ3) is 2.75. The largest absolute Gasteiger partial charge is 0.341 e. The molecule has 0 aromatic carbocycles.